The first-order valence-electron chi connectivity index (χ1n) is 8.06. The van der Waals surface area contributed by atoms with Crippen molar-refractivity contribution < 1.29 is 14.0 Å². The summed E-state index contributed by atoms with van der Waals surface area (Å²) in [6, 6.07) is 7.03. The summed E-state index contributed by atoms with van der Waals surface area (Å²) in [5.41, 5.74) is 1.47. The van der Waals surface area contributed by atoms with Crippen LogP contribution in [-0.4, -0.2) is 54.5 Å². The quantitative estimate of drug-likeness (QED) is 0.789. The molecule has 0 saturated carbocycles. The number of nitrogens with zero attached hydrogens (tertiary/aromatic N) is 2. The van der Waals surface area contributed by atoms with Crippen LogP contribution in [0.5, 0.6) is 0 Å². The second-order valence-electron chi connectivity index (χ2n) is 5.83. The van der Waals surface area contributed by atoms with Crippen molar-refractivity contribution in [3.8, 4) is 0 Å². The van der Waals surface area contributed by atoms with Gasteiger partial charge in [0.15, 0.2) is 0 Å². The second kappa shape index (κ2) is 8.83. The standard InChI is InChI=1S/C18H22ClFN2O2/c1-14(19)2-7-17(23)21-10-12-22(13-11-21)18(24)16-5-3-15(4-6-16)8-9-20/h3-6H,1-2,7-13H2. The Hall–Kier alpha value is -1.88. The molecule has 0 N–H and O–H groups in total. The summed E-state index contributed by atoms with van der Waals surface area (Å²) in [7, 11) is 0. The number of aryl methyl sites for hydroxylation is 1. The molecule has 2 amide bonds. The minimum Gasteiger partial charge on any atom is -0.339 e. The number of carbonyl (C=O) groups excluding carboxylic acids is 2. The fourth-order valence-corrected chi connectivity index (χ4v) is 2.76. The third kappa shape index (κ3) is 5.06. The number of piperazine rings is 1. The van der Waals surface area contributed by atoms with Gasteiger partial charge in [-0.2, -0.15) is 0 Å². The van der Waals surface area contributed by atoms with E-state index in [-0.39, 0.29) is 11.8 Å². The maximum Gasteiger partial charge on any atom is 0.253 e. The van der Waals surface area contributed by atoms with Crippen molar-refractivity contribution >= 4 is 23.4 Å². The van der Waals surface area contributed by atoms with Gasteiger partial charge in [-0.25, -0.2) is 0 Å². The van der Waals surface area contributed by atoms with Crippen LogP contribution in [0.15, 0.2) is 35.9 Å². The highest BCUT2D eigenvalue weighted by atomic mass is 35.5. The highest BCUT2D eigenvalue weighted by Crippen LogP contribution is 2.13. The average molecular weight is 353 g/mol. The lowest BCUT2D eigenvalue weighted by Crippen LogP contribution is -2.50. The zero-order valence-corrected chi connectivity index (χ0v) is 14.4. The van der Waals surface area contributed by atoms with Gasteiger partial charge in [-0.1, -0.05) is 30.3 Å². The molecule has 1 aromatic rings. The lowest BCUT2D eigenvalue weighted by molar-refractivity contribution is -0.132. The van der Waals surface area contributed by atoms with Gasteiger partial charge in [0.1, 0.15) is 0 Å². The molecule has 1 heterocycles. The number of hydrogen-bond donors (Lipinski definition) is 0. The normalized spacial score (nSPS) is 14.6. The Morgan fingerprint density at radius 1 is 1.04 bits per heavy atom. The zero-order chi connectivity index (χ0) is 17.5. The van der Waals surface area contributed by atoms with Gasteiger partial charge >= 0.3 is 0 Å². The van der Waals surface area contributed by atoms with E-state index in [9.17, 15) is 14.0 Å². The largest absolute Gasteiger partial charge is 0.339 e. The number of amides is 2. The summed E-state index contributed by atoms with van der Waals surface area (Å²) >= 11 is 5.69. The lowest BCUT2D eigenvalue weighted by Gasteiger charge is -2.35. The second-order valence-corrected chi connectivity index (χ2v) is 6.36. The van der Waals surface area contributed by atoms with Gasteiger partial charge in [-0.15, -0.1) is 0 Å². The van der Waals surface area contributed by atoms with E-state index in [2.05, 4.69) is 6.58 Å². The number of allylic oxidation sites excluding steroid dienone is 1. The molecule has 0 spiro atoms. The van der Waals surface area contributed by atoms with Crippen LogP contribution in [0.4, 0.5) is 4.39 Å². The molecule has 1 aromatic carbocycles. The minimum atomic E-state index is -0.402. The molecule has 4 nitrogen and oxygen atoms in total. The maximum atomic E-state index is 12.5. The van der Waals surface area contributed by atoms with E-state index < -0.39 is 6.67 Å². The summed E-state index contributed by atoms with van der Waals surface area (Å²) in [5, 5.41) is 0.480. The first-order chi connectivity index (χ1) is 11.5. The SMILES string of the molecule is C=C(Cl)CCC(=O)N1CCN(C(=O)c2ccc(CCF)cc2)CC1. The lowest BCUT2D eigenvalue weighted by atomic mass is 10.1. The van der Waals surface area contributed by atoms with E-state index in [0.717, 1.165) is 5.56 Å². The number of halogens is 2. The van der Waals surface area contributed by atoms with Crippen LogP contribution in [0, 0.1) is 0 Å². The van der Waals surface area contributed by atoms with Gasteiger partial charge in [0.05, 0.1) is 6.67 Å². The Morgan fingerprint density at radius 2 is 1.62 bits per heavy atom. The summed E-state index contributed by atoms with van der Waals surface area (Å²) < 4.78 is 12.3. The Bertz CT molecular complexity index is 596. The molecule has 0 unspecified atom stereocenters. The molecule has 1 aliphatic heterocycles. The Morgan fingerprint density at radius 3 is 2.17 bits per heavy atom. The van der Waals surface area contributed by atoms with E-state index in [1.54, 1.807) is 34.1 Å². The number of alkyl halides is 1. The summed E-state index contributed by atoms with van der Waals surface area (Å²) in [5.74, 6) is -0.0116. The van der Waals surface area contributed by atoms with Gasteiger partial charge in [-0.3, -0.25) is 14.0 Å². The van der Waals surface area contributed by atoms with Crippen LogP contribution in [0.1, 0.15) is 28.8 Å². The molecule has 1 saturated heterocycles. The van der Waals surface area contributed by atoms with Crippen molar-refractivity contribution in [2.45, 2.75) is 19.3 Å². The molecule has 1 fully saturated rings. The Kier molecular flexibility index (Phi) is 6.79. The number of benzene rings is 1. The van der Waals surface area contributed by atoms with Gasteiger partial charge in [0.2, 0.25) is 5.91 Å². The fraction of sp³-hybridized carbons (Fsp3) is 0.444. The summed E-state index contributed by atoms with van der Waals surface area (Å²) in [6.45, 7) is 5.26. The van der Waals surface area contributed by atoms with Gasteiger partial charge in [0.25, 0.3) is 5.91 Å². The monoisotopic (exact) mass is 352 g/mol. The van der Waals surface area contributed by atoms with Crippen molar-refractivity contribution in [1.29, 1.82) is 0 Å². The maximum absolute atomic E-state index is 12.5. The van der Waals surface area contributed by atoms with E-state index >= 15 is 0 Å². The van der Waals surface area contributed by atoms with Crippen molar-refractivity contribution in [2.75, 3.05) is 32.9 Å². The zero-order valence-electron chi connectivity index (χ0n) is 13.6. The number of carbonyl (C=O) groups is 2. The number of hydrogen-bond acceptors (Lipinski definition) is 2. The van der Waals surface area contributed by atoms with Crippen LogP contribution in [0.3, 0.4) is 0 Å². The molecule has 0 bridgehead atoms. The van der Waals surface area contributed by atoms with Crippen LogP contribution in [0.2, 0.25) is 0 Å². The van der Waals surface area contributed by atoms with E-state index in [0.29, 0.717) is 56.0 Å². The van der Waals surface area contributed by atoms with Crippen molar-refractivity contribution in [3.05, 3.63) is 47.0 Å². The van der Waals surface area contributed by atoms with Gasteiger partial charge in [0, 0.05) is 49.6 Å². The highest BCUT2D eigenvalue weighted by molar-refractivity contribution is 6.29. The molecule has 130 valence electrons. The molecule has 2 rings (SSSR count). The Balaban J connectivity index is 1.86. The predicted octanol–water partition coefficient (Wildman–Crippen LogP) is 3.02. The minimum absolute atomic E-state index is 0.0412. The molecule has 0 radical (unpaired) electrons. The first kappa shape index (κ1) is 18.5. The average Bonchev–Trinajstić information content (AvgIpc) is 2.60. The van der Waals surface area contributed by atoms with Crippen molar-refractivity contribution in [1.82, 2.24) is 9.80 Å². The van der Waals surface area contributed by atoms with E-state index in [1.807, 2.05) is 0 Å². The molecule has 0 aliphatic carbocycles. The van der Waals surface area contributed by atoms with Gasteiger partial charge < -0.3 is 9.80 Å². The van der Waals surface area contributed by atoms with E-state index in [1.165, 1.54) is 0 Å². The van der Waals surface area contributed by atoms with Crippen LogP contribution in [-0.2, 0) is 11.2 Å². The number of rotatable bonds is 6. The first-order valence-corrected chi connectivity index (χ1v) is 8.44. The topological polar surface area (TPSA) is 40.6 Å². The smallest absolute Gasteiger partial charge is 0.253 e. The van der Waals surface area contributed by atoms with Crippen LogP contribution < -0.4 is 0 Å². The molecule has 6 heteroatoms. The Labute approximate surface area is 146 Å². The molecule has 1 aliphatic rings. The van der Waals surface area contributed by atoms with Crippen LogP contribution >= 0.6 is 11.6 Å². The molecule has 24 heavy (non-hydrogen) atoms. The molecular weight excluding hydrogens is 331 g/mol. The predicted molar refractivity (Wildman–Crippen MR) is 92.8 cm³/mol. The molecular formula is C18H22ClFN2O2. The third-order valence-corrected chi connectivity index (χ3v) is 4.30. The van der Waals surface area contributed by atoms with Crippen LogP contribution in [0.25, 0.3) is 0 Å². The van der Waals surface area contributed by atoms with Gasteiger partial charge in [-0.05, 0) is 24.1 Å². The summed E-state index contributed by atoms with van der Waals surface area (Å²) in [6.07, 6.45) is 1.20. The summed E-state index contributed by atoms with van der Waals surface area (Å²) in [4.78, 5) is 28.0. The van der Waals surface area contributed by atoms with Crippen molar-refractivity contribution in [2.24, 2.45) is 0 Å². The van der Waals surface area contributed by atoms with Crippen molar-refractivity contribution in [3.63, 3.8) is 0 Å². The third-order valence-electron chi connectivity index (χ3n) is 4.11. The molecule has 0 aromatic heterocycles. The fourth-order valence-electron chi connectivity index (χ4n) is 2.67. The molecule has 0 atom stereocenters. The highest BCUT2D eigenvalue weighted by Gasteiger charge is 2.24. The van der Waals surface area contributed by atoms with E-state index in [4.69, 9.17) is 11.6 Å².